The van der Waals surface area contributed by atoms with Crippen molar-refractivity contribution < 1.29 is 68.1 Å². The number of aromatic nitrogens is 3. The van der Waals surface area contributed by atoms with Gasteiger partial charge in [-0.05, 0) is 232 Å². The molecule has 5 fully saturated rings. The highest BCUT2D eigenvalue weighted by atomic mass is 35.5. The van der Waals surface area contributed by atoms with Gasteiger partial charge in [-0.2, -0.15) is 23.2 Å². The molecule has 0 spiro atoms. The molecule has 32 heteroatoms. The Kier molecular flexibility index (Phi) is 32.6. The Balaban J connectivity index is 0.000000156. The minimum Gasteiger partial charge on any atom is -0.445 e. The Morgan fingerprint density at radius 1 is 0.434 bits per heavy atom. The molecule has 5 aliphatic rings. The van der Waals surface area contributed by atoms with Crippen molar-refractivity contribution in [2.45, 2.75) is 166 Å². The quantitative estimate of drug-likeness (QED) is 0.0279. The SMILES string of the molecule is N#Cc1ccc(CN([C@@H]2CCC[C@H]2CO)S(=O)(=O)c2ccc(Cl)cc2)cc1.N[C@@H]1CCC[C@H]1CO.O=S(=O)(N[C@@H]1CCC[C@H]1CO)c1ccc(Cl)cc1.O=S(=O)(c1ccc(Cl)cc1)N(Cc1ccc(-c2ncco2)cc1)[C@@H]1CCC[C@H]1CO.O=S(=O)(c1ccc(Cl)cc1)N(Cc1ccc(-c2ncon2)cc1)[C@@H]1CCC[C@H]1CO. The summed E-state index contributed by atoms with van der Waals surface area (Å²) in [6.45, 7) is 0.822. The smallest absolute Gasteiger partial charge is 0.243 e. The number of hydrogen-bond acceptors (Lipinski definition) is 20. The molecular formula is C81H95Cl4N9O15S4. The molecule has 2 aromatic heterocycles. The van der Waals surface area contributed by atoms with Gasteiger partial charge in [0.25, 0.3) is 0 Å². The molecule has 0 amide bonds. The van der Waals surface area contributed by atoms with Gasteiger partial charge in [-0.15, -0.1) is 0 Å². The van der Waals surface area contributed by atoms with Crippen molar-refractivity contribution in [3.63, 3.8) is 0 Å². The van der Waals surface area contributed by atoms with E-state index >= 15 is 0 Å². The molecule has 0 radical (unpaired) electrons. The number of aliphatic hydroxyl groups excluding tert-OH is 5. The van der Waals surface area contributed by atoms with Crippen molar-refractivity contribution >= 4 is 86.5 Å². The average Bonchev–Trinajstić information content (AvgIpc) is 1.78. The predicted octanol–water partition coefficient (Wildman–Crippen LogP) is 13.5. The number of rotatable bonds is 25. The number of aliphatic hydroxyl groups is 5. The molecule has 113 heavy (non-hydrogen) atoms. The van der Waals surface area contributed by atoms with E-state index in [0.717, 1.165) is 111 Å². The van der Waals surface area contributed by atoms with E-state index < -0.39 is 40.1 Å². The number of nitrogens with one attached hydrogen (secondary N) is 1. The first-order chi connectivity index (χ1) is 54.3. The van der Waals surface area contributed by atoms with Crippen LogP contribution in [0.2, 0.25) is 20.1 Å². The first kappa shape index (κ1) is 88.3. The second kappa shape index (κ2) is 41.7. The lowest BCUT2D eigenvalue weighted by atomic mass is 10.0. The maximum absolute atomic E-state index is 13.5. The molecule has 0 saturated heterocycles. The largest absolute Gasteiger partial charge is 0.445 e. The third-order valence-corrected chi connectivity index (χ3v) is 29.7. The maximum atomic E-state index is 13.5. The molecule has 606 valence electrons. The summed E-state index contributed by atoms with van der Waals surface area (Å²) in [5.41, 5.74) is 10.3. The van der Waals surface area contributed by atoms with Crippen LogP contribution in [0.25, 0.3) is 22.8 Å². The van der Waals surface area contributed by atoms with E-state index in [1.807, 2.05) is 48.5 Å². The van der Waals surface area contributed by atoms with Gasteiger partial charge in [0, 0.05) is 114 Å². The Hall–Kier alpha value is -7.06. The van der Waals surface area contributed by atoms with Gasteiger partial charge in [-0.1, -0.05) is 132 Å². The van der Waals surface area contributed by atoms with Gasteiger partial charge in [0.15, 0.2) is 0 Å². The molecule has 9 aromatic rings. The summed E-state index contributed by atoms with van der Waals surface area (Å²) >= 11 is 23.5. The van der Waals surface area contributed by atoms with E-state index in [9.17, 15) is 54.1 Å². The number of hydrogen-bond donors (Lipinski definition) is 7. The minimum atomic E-state index is -3.77. The van der Waals surface area contributed by atoms with Crippen molar-refractivity contribution in [1.82, 2.24) is 32.8 Å². The van der Waals surface area contributed by atoms with Crippen LogP contribution < -0.4 is 10.5 Å². The average molecular weight is 1700 g/mol. The highest BCUT2D eigenvalue weighted by Gasteiger charge is 2.42. The molecule has 14 rings (SSSR count). The van der Waals surface area contributed by atoms with E-state index in [4.69, 9.17) is 71.4 Å². The molecule has 5 saturated carbocycles. The molecule has 7 aromatic carbocycles. The lowest BCUT2D eigenvalue weighted by Gasteiger charge is -2.32. The van der Waals surface area contributed by atoms with Crippen molar-refractivity contribution in [2.75, 3.05) is 33.0 Å². The number of halogens is 4. The van der Waals surface area contributed by atoms with Crippen LogP contribution >= 0.6 is 46.4 Å². The predicted molar refractivity (Wildman–Crippen MR) is 432 cm³/mol. The van der Waals surface area contributed by atoms with Gasteiger partial charge in [0.2, 0.25) is 58.2 Å². The standard InChI is InChI=1S/C22H23ClN2O4S.C21H22ClN3O4S.C20H21ClN2O3S.C12H16ClNO3S.C6H13NO/c23-19-8-10-20(11-9-19)30(27,28)25(21-3-1-2-18(21)15-26)14-16-4-6-17(7-5-16)22-24-12-13-29-22;22-18-8-10-19(11-9-18)30(27,28)25(20-3-1-2-17(20)13-26)12-15-4-6-16(7-5-15)21-23-14-29-24-21;21-18-8-10-19(11-9-18)27(25,26)23(20-3-1-2-17(20)14-24)13-16-6-4-15(12-22)5-7-16;13-10-4-6-11(7-5-10)18(16,17)14-12-3-1-2-9(12)8-15;7-6-3-1-2-5(6)4-8/h4-13,18,21,26H,1-3,14-15H2;4-11,14,17,20,26H,1-3,12-13H2;4-11,17,20,24H,1-3,13-14H2;4-7,9,12,14-15H,1-3,8H2;5-6,8H,1-4,7H2/t18-,21+;2*17-,20+;9-,12+;5-,6+/m00000/s1. The number of sulfonamides is 4. The molecule has 5 aliphatic carbocycles. The highest BCUT2D eigenvalue weighted by Crippen LogP contribution is 2.39. The van der Waals surface area contributed by atoms with E-state index in [1.54, 1.807) is 79.0 Å². The summed E-state index contributed by atoms with van der Waals surface area (Å²) in [5, 5.41) is 61.9. The molecule has 0 aliphatic heterocycles. The van der Waals surface area contributed by atoms with E-state index in [1.165, 1.54) is 80.5 Å². The van der Waals surface area contributed by atoms with Crippen molar-refractivity contribution in [1.29, 1.82) is 5.26 Å². The zero-order valence-corrected chi connectivity index (χ0v) is 68.4. The Labute approximate surface area is 681 Å². The Bertz CT molecular complexity index is 4780. The first-order valence-corrected chi connectivity index (χ1v) is 44.9. The van der Waals surface area contributed by atoms with Gasteiger partial charge in [0.1, 0.15) is 6.26 Å². The zero-order valence-electron chi connectivity index (χ0n) is 62.1. The van der Waals surface area contributed by atoms with Crippen molar-refractivity contribution in [3.8, 4) is 28.9 Å². The van der Waals surface area contributed by atoms with E-state index in [-0.39, 0.29) is 126 Å². The lowest BCUT2D eigenvalue weighted by Crippen LogP contribution is -2.42. The number of nitrogens with zero attached hydrogens (tertiary/aromatic N) is 7. The lowest BCUT2D eigenvalue weighted by molar-refractivity contribution is 0.166. The van der Waals surface area contributed by atoms with Gasteiger partial charge < -0.3 is 40.2 Å². The Morgan fingerprint density at radius 3 is 1.12 bits per heavy atom. The molecule has 10 atom stereocenters. The number of nitriles is 1. The summed E-state index contributed by atoms with van der Waals surface area (Å²) in [4.78, 5) is 8.94. The summed E-state index contributed by atoms with van der Waals surface area (Å²) < 4.78 is 122. The monoisotopic (exact) mass is 1700 g/mol. The zero-order chi connectivity index (χ0) is 80.9. The second-order valence-corrected chi connectivity index (χ2v) is 37.9. The minimum absolute atomic E-state index is 0.0204. The number of benzene rings is 7. The molecular weight excluding hydrogens is 1610 g/mol. The van der Waals surface area contributed by atoms with Crippen LogP contribution in [0, 0.1) is 40.9 Å². The van der Waals surface area contributed by atoms with Crippen LogP contribution in [0.4, 0.5) is 0 Å². The van der Waals surface area contributed by atoms with Crippen LogP contribution in [0.1, 0.15) is 119 Å². The van der Waals surface area contributed by atoms with Gasteiger partial charge in [-0.25, -0.2) is 43.4 Å². The van der Waals surface area contributed by atoms with Crippen LogP contribution in [0.5, 0.6) is 0 Å². The van der Waals surface area contributed by atoms with E-state index in [2.05, 4.69) is 25.9 Å². The summed E-state index contributed by atoms with van der Waals surface area (Å²) in [6, 6.07) is 47.8. The van der Waals surface area contributed by atoms with Crippen LogP contribution in [-0.4, -0.2) is 150 Å². The summed E-state index contributed by atoms with van der Waals surface area (Å²) in [7, 11) is -14.8. The molecule has 0 unspecified atom stereocenters. The molecule has 24 nitrogen and oxygen atoms in total. The summed E-state index contributed by atoms with van der Waals surface area (Å²) in [5.74, 6) is 1.18. The van der Waals surface area contributed by atoms with Gasteiger partial charge in [-0.3, -0.25) is 0 Å². The fraction of sp³-hybridized carbons (Fsp3) is 0.407. The molecule has 0 bridgehead atoms. The fourth-order valence-corrected chi connectivity index (χ4v) is 22.1. The topological polar surface area (TPSA) is 374 Å². The number of oxazole rings is 1. The fourth-order valence-electron chi connectivity index (χ4n) is 15.2. The van der Waals surface area contributed by atoms with Gasteiger partial charge >= 0.3 is 0 Å². The normalized spacial score (nSPS) is 21.7. The third-order valence-electron chi connectivity index (χ3n) is 21.5. The molecule has 2 heterocycles. The number of nitrogens with two attached hydrogens (primary N) is 1. The first-order valence-electron chi connectivity index (χ1n) is 37.5. The van der Waals surface area contributed by atoms with Crippen molar-refractivity contribution in [3.05, 3.63) is 231 Å². The van der Waals surface area contributed by atoms with Crippen LogP contribution in [-0.2, 0) is 59.7 Å². The summed E-state index contributed by atoms with van der Waals surface area (Å²) in [6.07, 6.45) is 17.6. The van der Waals surface area contributed by atoms with Crippen LogP contribution in [0.3, 0.4) is 0 Å². The van der Waals surface area contributed by atoms with Gasteiger partial charge in [0.05, 0.1) is 37.4 Å². The molecule has 8 N–H and O–H groups in total. The second-order valence-electron chi connectivity index (χ2n) is 28.7. The Morgan fingerprint density at radius 2 is 0.788 bits per heavy atom. The third kappa shape index (κ3) is 23.4. The highest BCUT2D eigenvalue weighted by molar-refractivity contribution is 7.90. The van der Waals surface area contributed by atoms with E-state index in [0.29, 0.717) is 49.7 Å². The van der Waals surface area contributed by atoms with Crippen molar-refractivity contribution in [2.24, 2.45) is 35.3 Å². The van der Waals surface area contributed by atoms with Crippen LogP contribution in [0.15, 0.2) is 217 Å². The maximum Gasteiger partial charge on any atom is 0.243 e.